The van der Waals surface area contributed by atoms with Crippen molar-refractivity contribution in [2.24, 2.45) is 51.8 Å². The standard InChI is InChI=1S/C33H42O5/c1-20-12-15-37-29(34)21-4-6-22(7-5-21)30(35)38-17-16-36-28-18-24-26-9-8-25(20)31(26,2)13-11-27(24)32(3)14-10-23-19-33(23,28)32/h4-7,12,15,20,23-28H,8-11,13-14,16-19H2,1-3H3/b15-12-/t20-,23-,24+,25-,26+,27+,28-,31-,32-,33+/m1/s1. The van der Waals surface area contributed by atoms with Gasteiger partial charge in [-0.2, -0.15) is 0 Å². The SMILES string of the molecule is C[C@@H]1/C=C\OC(=O)c2ccc(cc2)C(=O)OCCO[C@@H]2C[C@H]3[C@@H]4CC[C@H]1[C@@]4(C)CC[C@@H]3[C@@]1(C)CC[C@@H]3C[C@]321. The maximum atomic E-state index is 12.6. The van der Waals surface area contributed by atoms with E-state index in [1.165, 1.54) is 51.4 Å². The van der Waals surface area contributed by atoms with E-state index >= 15 is 0 Å². The Kier molecular flexibility index (Phi) is 5.68. The Morgan fingerprint density at radius 3 is 2.34 bits per heavy atom. The summed E-state index contributed by atoms with van der Waals surface area (Å²) in [5.74, 6) is 3.23. The highest BCUT2D eigenvalue weighted by atomic mass is 16.6. The van der Waals surface area contributed by atoms with E-state index in [2.05, 4.69) is 26.8 Å². The molecule has 1 aromatic carbocycles. The third kappa shape index (κ3) is 3.39. The molecule has 0 saturated heterocycles. The second kappa shape index (κ2) is 8.68. The zero-order valence-corrected chi connectivity index (χ0v) is 23.1. The van der Waals surface area contributed by atoms with E-state index in [1.807, 2.05) is 0 Å². The molecule has 7 aliphatic rings. The first-order chi connectivity index (χ1) is 18.3. The molecular formula is C33H42O5. The van der Waals surface area contributed by atoms with Gasteiger partial charge in [0, 0.05) is 5.41 Å². The predicted molar refractivity (Wildman–Crippen MR) is 143 cm³/mol. The Morgan fingerprint density at radius 1 is 0.842 bits per heavy atom. The Morgan fingerprint density at radius 2 is 1.58 bits per heavy atom. The van der Waals surface area contributed by atoms with Crippen molar-refractivity contribution in [2.45, 2.75) is 78.2 Å². The van der Waals surface area contributed by atoms with Crippen LogP contribution in [0.25, 0.3) is 0 Å². The molecule has 0 unspecified atom stereocenters. The van der Waals surface area contributed by atoms with Crippen molar-refractivity contribution < 1.29 is 23.8 Å². The van der Waals surface area contributed by atoms with E-state index in [-0.39, 0.29) is 18.7 Å². The normalized spacial score (nSPS) is 48.6. The van der Waals surface area contributed by atoms with Gasteiger partial charge in [-0.25, -0.2) is 9.59 Å². The minimum Gasteiger partial charge on any atom is -0.460 e. The van der Waals surface area contributed by atoms with Crippen molar-refractivity contribution in [3.8, 4) is 0 Å². The van der Waals surface area contributed by atoms with Gasteiger partial charge in [0.25, 0.3) is 0 Å². The van der Waals surface area contributed by atoms with Gasteiger partial charge in [-0.15, -0.1) is 0 Å². The number of hydrogen-bond donors (Lipinski definition) is 0. The second-order valence-corrected chi connectivity index (χ2v) is 13.9. The highest BCUT2D eigenvalue weighted by Gasteiger charge is 2.77. The second-order valence-electron chi connectivity index (χ2n) is 13.9. The Hall–Kier alpha value is -2.14. The Balaban J connectivity index is 1.21. The predicted octanol–water partition coefficient (Wildman–Crippen LogP) is 6.82. The third-order valence-corrected chi connectivity index (χ3v) is 12.8. The molecule has 10 atom stereocenters. The maximum Gasteiger partial charge on any atom is 0.342 e. The summed E-state index contributed by atoms with van der Waals surface area (Å²) in [4.78, 5) is 25.2. The summed E-state index contributed by atoms with van der Waals surface area (Å²) in [7, 11) is 0. The molecule has 204 valence electrons. The van der Waals surface area contributed by atoms with Gasteiger partial charge in [0.2, 0.25) is 0 Å². The molecule has 38 heavy (non-hydrogen) atoms. The van der Waals surface area contributed by atoms with Gasteiger partial charge in [0.1, 0.15) is 6.61 Å². The van der Waals surface area contributed by atoms with Crippen LogP contribution in [0.4, 0.5) is 0 Å². The molecule has 5 nitrogen and oxygen atoms in total. The van der Waals surface area contributed by atoms with Crippen molar-refractivity contribution in [1.29, 1.82) is 0 Å². The molecule has 1 spiro atoms. The number of esters is 2. The fraction of sp³-hybridized carbons (Fsp3) is 0.697. The smallest absolute Gasteiger partial charge is 0.342 e. The molecule has 0 N–H and O–H groups in total. The molecule has 2 aliphatic heterocycles. The lowest BCUT2D eigenvalue weighted by Gasteiger charge is -2.61. The van der Waals surface area contributed by atoms with Crippen LogP contribution in [0.2, 0.25) is 0 Å². The van der Waals surface area contributed by atoms with Crippen molar-refractivity contribution >= 4 is 11.9 Å². The largest absolute Gasteiger partial charge is 0.460 e. The summed E-state index contributed by atoms with van der Waals surface area (Å²) >= 11 is 0. The van der Waals surface area contributed by atoms with Gasteiger partial charge in [-0.1, -0.05) is 20.8 Å². The quantitative estimate of drug-likeness (QED) is 0.353. The van der Waals surface area contributed by atoms with E-state index in [9.17, 15) is 9.59 Å². The highest BCUT2D eigenvalue weighted by molar-refractivity contribution is 5.93. The van der Waals surface area contributed by atoms with Crippen LogP contribution in [-0.4, -0.2) is 31.3 Å². The highest BCUT2D eigenvalue weighted by Crippen LogP contribution is 2.82. The molecule has 5 saturated carbocycles. The van der Waals surface area contributed by atoms with Crippen LogP contribution in [0.1, 0.15) is 92.9 Å². The zero-order valence-electron chi connectivity index (χ0n) is 23.1. The average molecular weight is 519 g/mol. The number of benzene rings is 1. The van der Waals surface area contributed by atoms with E-state index < -0.39 is 5.97 Å². The molecule has 8 rings (SSSR count). The fourth-order valence-corrected chi connectivity index (χ4v) is 11.0. The van der Waals surface area contributed by atoms with Crippen molar-refractivity contribution in [2.75, 3.05) is 13.2 Å². The topological polar surface area (TPSA) is 61.8 Å². The Bertz CT molecular complexity index is 1160. The monoisotopic (exact) mass is 518 g/mol. The molecule has 7 bridgehead atoms. The van der Waals surface area contributed by atoms with Crippen LogP contribution < -0.4 is 0 Å². The van der Waals surface area contributed by atoms with Crippen LogP contribution in [0.3, 0.4) is 0 Å². The van der Waals surface area contributed by atoms with Crippen LogP contribution in [0.15, 0.2) is 36.6 Å². The number of hydrogen-bond acceptors (Lipinski definition) is 5. The molecule has 0 radical (unpaired) electrons. The summed E-state index contributed by atoms with van der Waals surface area (Å²) < 4.78 is 17.8. The lowest BCUT2D eigenvalue weighted by molar-refractivity contribution is -0.170. The number of allylic oxidation sites excluding steroid dienone is 1. The van der Waals surface area contributed by atoms with E-state index in [1.54, 1.807) is 30.5 Å². The maximum absolute atomic E-state index is 12.6. The molecule has 0 amide bonds. The number of ether oxygens (including phenoxy) is 3. The molecule has 5 heteroatoms. The van der Waals surface area contributed by atoms with Crippen LogP contribution in [-0.2, 0) is 14.2 Å². The van der Waals surface area contributed by atoms with Crippen LogP contribution in [0.5, 0.6) is 0 Å². The van der Waals surface area contributed by atoms with Gasteiger partial charge >= 0.3 is 11.9 Å². The van der Waals surface area contributed by atoms with E-state index in [4.69, 9.17) is 14.2 Å². The van der Waals surface area contributed by atoms with Gasteiger partial charge < -0.3 is 14.2 Å². The average Bonchev–Trinajstić information content (AvgIpc) is 3.42. The van der Waals surface area contributed by atoms with Crippen molar-refractivity contribution in [3.63, 3.8) is 0 Å². The molecule has 1 aromatic rings. The van der Waals surface area contributed by atoms with Gasteiger partial charge in [0.15, 0.2) is 0 Å². The van der Waals surface area contributed by atoms with E-state index in [0.29, 0.717) is 51.7 Å². The summed E-state index contributed by atoms with van der Waals surface area (Å²) in [5.41, 5.74) is 1.89. The van der Waals surface area contributed by atoms with Crippen molar-refractivity contribution in [3.05, 3.63) is 47.7 Å². The molecular weight excluding hydrogens is 476 g/mol. The summed E-state index contributed by atoms with van der Waals surface area (Å²) in [6, 6.07) is 6.51. The first-order valence-electron chi connectivity index (χ1n) is 15.0. The fourth-order valence-electron chi connectivity index (χ4n) is 11.0. The number of carbonyl (C=O) groups is 2. The van der Waals surface area contributed by atoms with Crippen LogP contribution >= 0.6 is 0 Å². The first-order valence-corrected chi connectivity index (χ1v) is 15.0. The van der Waals surface area contributed by atoms with Gasteiger partial charge in [-0.05, 0) is 128 Å². The van der Waals surface area contributed by atoms with Gasteiger partial charge in [-0.3, -0.25) is 0 Å². The number of fused-ring (bicyclic) bond motifs is 10. The third-order valence-electron chi connectivity index (χ3n) is 12.8. The summed E-state index contributed by atoms with van der Waals surface area (Å²) in [6.07, 6.45) is 14.4. The summed E-state index contributed by atoms with van der Waals surface area (Å²) in [6.45, 7) is 8.19. The number of carbonyl (C=O) groups excluding carboxylic acids is 2. The van der Waals surface area contributed by atoms with Crippen molar-refractivity contribution in [1.82, 2.24) is 0 Å². The summed E-state index contributed by atoms with van der Waals surface area (Å²) in [5, 5.41) is 0. The molecule has 2 heterocycles. The lowest BCUT2D eigenvalue weighted by atomic mass is 9.45. The number of rotatable bonds is 0. The van der Waals surface area contributed by atoms with Crippen LogP contribution in [0, 0.1) is 51.8 Å². The van der Waals surface area contributed by atoms with E-state index in [0.717, 1.165) is 17.8 Å². The zero-order chi connectivity index (χ0) is 26.3. The minimum absolute atomic E-state index is 0.260. The first kappa shape index (κ1) is 24.9. The molecule has 5 fully saturated rings. The molecule has 5 aliphatic carbocycles. The lowest BCUT2D eigenvalue weighted by Crippen LogP contribution is -2.57. The minimum atomic E-state index is -0.405. The van der Waals surface area contributed by atoms with Gasteiger partial charge in [0.05, 0.1) is 30.1 Å². The molecule has 0 aromatic heterocycles. The Labute approximate surface area is 226 Å².